The van der Waals surface area contributed by atoms with Gasteiger partial charge < -0.3 is 14.8 Å². The summed E-state index contributed by atoms with van der Waals surface area (Å²) in [6.45, 7) is 4.03. The van der Waals surface area contributed by atoms with Gasteiger partial charge in [-0.05, 0) is 40.1 Å². The smallest absolute Gasteiger partial charge is 0.161 e. The van der Waals surface area contributed by atoms with Crippen LogP contribution in [0, 0.1) is 0 Å². The van der Waals surface area contributed by atoms with E-state index in [0.717, 1.165) is 42.2 Å². The first-order chi connectivity index (χ1) is 13.2. The maximum Gasteiger partial charge on any atom is 0.161 e. The molecule has 1 fully saturated rings. The highest BCUT2D eigenvalue weighted by Crippen LogP contribution is 2.43. The maximum absolute atomic E-state index is 5.60. The summed E-state index contributed by atoms with van der Waals surface area (Å²) in [5.74, 6) is 1.50. The first kappa shape index (κ1) is 18.7. The van der Waals surface area contributed by atoms with E-state index in [1.54, 1.807) is 14.2 Å². The Balaban J connectivity index is 1.88. The minimum Gasteiger partial charge on any atom is -0.493 e. The van der Waals surface area contributed by atoms with Crippen molar-refractivity contribution in [1.29, 1.82) is 0 Å². The normalized spacial score (nSPS) is 16.4. The predicted octanol–water partition coefficient (Wildman–Crippen LogP) is 4.68. The van der Waals surface area contributed by atoms with Crippen LogP contribution in [0.15, 0.2) is 46.3 Å². The van der Waals surface area contributed by atoms with Crippen molar-refractivity contribution in [3.8, 4) is 11.5 Å². The Kier molecular flexibility index (Phi) is 5.68. The molecule has 6 heteroatoms. The SMILES string of the molecule is COc1cc(Br)c(C(c2csc3ccccc23)N2CCNCC2)cc1OC. The molecule has 0 bridgehead atoms. The molecule has 1 aromatic heterocycles. The van der Waals surface area contributed by atoms with Crippen molar-refractivity contribution in [3.63, 3.8) is 0 Å². The second kappa shape index (κ2) is 8.19. The Morgan fingerprint density at radius 3 is 2.48 bits per heavy atom. The molecule has 1 N–H and O–H groups in total. The van der Waals surface area contributed by atoms with Gasteiger partial charge in [-0.1, -0.05) is 34.1 Å². The van der Waals surface area contributed by atoms with E-state index in [-0.39, 0.29) is 6.04 Å². The molecule has 142 valence electrons. The van der Waals surface area contributed by atoms with Gasteiger partial charge in [-0.3, -0.25) is 4.90 Å². The number of rotatable bonds is 5. The average Bonchev–Trinajstić information content (AvgIpc) is 3.14. The van der Waals surface area contributed by atoms with Crippen LogP contribution in [0.5, 0.6) is 11.5 Å². The number of nitrogens with zero attached hydrogens (tertiary/aromatic N) is 1. The van der Waals surface area contributed by atoms with E-state index in [4.69, 9.17) is 9.47 Å². The first-order valence-electron chi connectivity index (χ1n) is 9.05. The topological polar surface area (TPSA) is 33.7 Å². The third-order valence-electron chi connectivity index (χ3n) is 5.12. The molecule has 1 atom stereocenters. The summed E-state index contributed by atoms with van der Waals surface area (Å²) in [6, 6.07) is 12.9. The molecular weight excluding hydrogens is 424 g/mol. The van der Waals surface area contributed by atoms with Crippen LogP contribution in [0.2, 0.25) is 0 Å². The summed E-state index contributed by atoms with van der Waals surface area (Å²) in [5.41, 5.74) is 2.56. The first-order valence-corrected chi connectivity index (χ1v) is 10.7. The fourth-order valence-electron chi connectivity index (χ4n) is 3.79. The van der Waals surface area contributed by atoms with E-state index in [1.165, 1.54) is 21.2 Å². The highest BCUT2D eigenvalue weighted by molar-refractivity contribution is 9.10. The van der Waals surface area contributed by atoms with Gasteiger partial charge in [0.25, 0.3) is 0 Å². The van der Waals surface area contributed by atoms with Crippen molar-refractivity contribution in [1.82, 2.24) is 10.2 Å². The standard InChI is InChI=1S/C21H23BrN2O2S/c1-25-18-11-15(17(22)12-19(18)26-2)21(24-9-7-23-8-10-24)16-13-27-20-6-4-3-5-14(16)20/h3-6,11-13,21,23H,7-10H2,1-2H3. The zero-order valence-electron chi connectivity index (χ0n) is 15.5. The number of nitrogens with one attached hydrogen (secondary N) is 1. The summed E-state index contributed by atoms with van der Waals surface area (Å²) in [5, 5.41) is 7.10. The highest BCUT2D eigenvalue weighted by atomic mass is 79.9. The molecule has 0 amide bonds. The second-order valence-electron chi connectivity index (χ2n) is 6.60. The molecule has 2 aromatic carbocycles. The number of methoxy groups -OCH3 is 2. The lowest BCUT2D eigenvalue weighted by Crippen LogP contribution is -2.45. The van der Waals surface area contributed by atoms with Crippen molar-refractivity contribution in [2.45, 2.75) is 6.04 Å². The van der Waals surface area contributed by atoms with Crippen LogP contribution in [0.1, 0.15) is 17.2 Å². The molecule has 2 heterocycles. The molecule has 0 radical (unpaired) electrons. The number of benzene rings is 2. The molecular formula is C21H23BrN2O2S. The van der Waals surface area contributed by atoms with Gasteiger partial charge in [-0.25, -0.2) is 0 Å². The van der Waals surface area contributed by atoms with Gasteiger partial charge in [-0.2, -0.15) is 0 Å². The fourth-order valence-corrected chi connectivity index (χ4v) is 5.31. The summed E-state index contributed by atoms with van der Waals surface area (Å²) < 4.78 is 13.4. The van der Waals surface area contributed by atoms with Crippen molar-refractivity contribution < 1.29 is 9.47 Å². The summed E-state index contributed by atoms with van der Waals surface area (Å²) >= 11 is 5.60. The van der Waals surface area contributed by atoms with Gasteiger partial charge in [0, 0.05) is 35.4 Å². The van der Waals surface area contributed by atoms with Crippen LogP contribution in [0.25, 0.3) is 10.1 Å². The Labute approximate surface area is 172 Å². The van der Waals surface area contributed by atoms with Crippen LogP contribution in [0.4, 0.5) is 0 Å². The molecule has 4 rings (SSSR count). The molecule has 27 heavy (non-hydrogen) atoms. The molecule has 3 aromatic rings. The van der Waals surface area contributed by atoms with E-state index >= 15 is 0 Å². The van der Waals surface area contributed by atoms with Crippen molar-refractivity contribution in [2.75, 3.05) is 40.4 Å². The summed E-state index contributed by atoms with van der Waals surface area (Å²) in [4.78, 5) is 2.55. The molecule has 4 nitrogen and oxygen atoms in total. The van der Waals surface area contributed by atoms with Crippen LogP contribution >= 0.6 is 27.3 Å². The lowest BCUT2D eigenvalue weighted by molar-refractivity contribution is 0.198. The second-order valence-corrected chi connectivity index (χ2v) is 8.37. The van der Waals surface area contributed by atoms with Gasteiger partial charge in [0.1, 0.15) is 0 Å². The molecule has 1 aliphatic heterocycles. The van der Waals surface area contributed by atoms with E-state index in [2.05, 4.69) is 61.9 Å². The molecule has 0 spiro atoms. The average molecular weight is 447 g/mol. The number of hydrogen-bond acceptors (Lipinski definition) is 5. The minimum atomic E-state index is 0.164. The van der Waals surface area contributed by atoms with Crippen molar-refractivity contribution >= 4 is 37.4 Å². The third-order valence-corrected chi connectivity index (χ3v) is 6.79. The lowest BCUT2D eigenvalue weighted by atomic mass is 9.95. The van der Waals surface area contributed by atoms with Gasteiger partial charge >= 0.3 is 0 Å². The number of ether oxygens (including phenoxy) is 2. The zero-order valence-corrected chi connectivity index (χ0v) is 17.9. The Hall–Kier alpha value is -1.60. The van der Waals surface area contributed by atoms with Crippen molar-refractivity contribution in [3.05, 3.63) is 57.4 Å². The molecule has 1 unspecified atom stereocenters. The largest absolute Gasteiger partial charge is 0.493 e. The maximum atomic E-state index is 5.60. The van der Waals surface area contributed by atoms with Crippen LogP contribution in [-0.4, -0.2) is 45.3 Å². The monoisotopic (exact) mass is 446 g/mol. The predicted molar refractivity (Wildman–Crippen MR) is 115 cm³/mol. The molecule has 1 aliphatic rings. The van der Waals surface area contributed by atoms with Crippen molar-refractivity contribution in [2.24, 2.45) is 0 Å². The minimum absolute atomic E-state index is 0.164. The lowest BCUT2D eigenvalue weighted by Gasteiger charge is -2.36. The summed E-state index contributed by atoms with van der Waals surface area (Å²) in [7, 11) is 3.36. The van der Waals surface area contributed by atoms with Gasteiger partial charge in [0.15, 0.2) is 11.5 Å². The molecule has 0 saturated carbocycles. The van der Waals surface area contributed by atoms with E-state index in [0.29, 0.717) is 0 Å². The molecule has 0 aliphatic carbocycles. The number of fused-ring (bicyclic) bond motifs is 1. The van der Waals surface area contributed by atoms with E-state index in [1.807, 2.05) is 17.4 Å². The van der Waals surface area contributed by atoms with Gasteiger partial charge in [0.2, 0.25) is 0 Å². The Bertz CT molecular complexity index is 937. The third kappa shape index (κ3) is 3.59. The Morgan fingerprint density at radius 1 is 1.04 bits per heavy atom. The number of piperazine rings is 1. The van der Waals surface area contributed by atoms with E-state index in [9.17, 15) is 0 Å². The summed E-state index contributed by atoms with van der Waals surface area (Å²) in [6.07, 6.45) is 0. The number of halogens is 1. The quantitative estimate of drug-likeness (QED) is 0.616. The highest BCUT2D eigenvalue weighted by Gasteiger charge is 2.29. The van der Waals surface area contributed by atoms with Gasteiger partial charge in [-0.15, -0.1) is 11.3 Å². The van der Waals surface area contributed by atoms with Crippen LogP contribution < -0.4 is 14.8 Å². The fraction of sp³-hybridized carbons (Fsp3) is 0.333. The van der Waals surface area contributed by atoms with Crippen LogP contribution in [0.3, 0.4) is 0 Å². The number of hydrogen-bond donors (Lipinski definition) is 1. The number of thiophene rings is 1. The molecule has 1 saturated heterocycles. The van der Waals surface area contributed by atoms with E-state index < -0.39 is 0 Å². The van der Waals surface area contributed by atoms with Gasteiger partial charge in [0.05, 0.1) is 20.3 Å². The Morgan fingerprint density at radius 2 is 1.74 bits per heavy atom. The van der Waals surface area contributed by atoms with Crippen LogP contribution in [-0.2, 0) is 0 Å². The zero-order chi connectivity index (χ0) is 18.8.